The van der Waals surface area contributed by atoms with Gasteiger partial charge in [-0.3, -0.25) is 9.59 Å². The van der Waals surface area contributed by atoms with Crippen LogP contribution in [0.25, 0.3) is 0 Å². The van der Waals surface area contributed by atoms with E-state index in [1.807, 2.05) is 32.0 Å². The Hall–Kier alpha value is -2.86. The van der Waals surface area contributed by atoms with Crippen LogP contribution in [-0.4, -0.2) is 24.6 Å². The van der Waals surface area contributed by atoms with Gasteiger partial charge < -0.3 is 15.5 Å². The number of amides is 2. The van der Waals surface area contributed by atoms with Crippen LogP contribution < -0.4 is 10.6 Å². The van der Waals surface area contributed by atoms with Crippen molar-refractivity contribution in [1.82, 2.24) is 0 Å². The normalized spacial score (nSPS) is 10.5. The van der Waals surface area contributed by atoms with Crippen LogP contribution in [0.3, 0.4) is 0 Å². The minimum Gasteiger partial charge on any atom is -0.385 e. The molecule has 2 amide bonds. The van der Waals surface area contributed by atoms with Crippen LogP contribution in [0.15, 0.2) is 47.6 Å². The van der Waals surface area contributed by atoms with E-state index in [1.54, 1.807) is 24.3 Å². The van der Waals surface area contributed by atoms with Crippen molar-refractivity contribution in [2.45, 2.75) is 13.8 Å². The van der Waals surface area contributed by atoms with Gasteiger partial charge in [0.2, 0.25) is 0 Å². The fourth-order valence-corrected chi connectivity index (χ4v) is 2.25. The van der Waals surface area contributed by atoms with Gasteiger partial charge in [0.25, 0.3) is 11.8 Å². The van der Waals surface area contributed by atoms with E-state index in [2.05, 4.69) is 15.8 Å². The molecular formula is C18H18ClN3O3. The van der Waals surface area contributed by atoms with Crippen molar-refractivity contribution in [1.29, 1.82) is 0 Å². The number of halogens is 1. The van der Waals surface area contributed by atoms with E-state index in [1.165, 1.54) is 0 Å². The molecule has 2 rings (SSSR count). The second-order valence-corrected chi connectivity index (χ2v) is 5.81. The second kappa shape index (κ2) is 8.84. The summed E-state index contributed by atoms with van der Waals surface area (Å²) in [6, 6.07) is 12.4. The van der Waals surface area contributed by atoms with Crippen molar-refractivity contribution in [2.24, 2.45) is 5.16 Å². The van der Waals surface area contributed by atoms with E-state index in [0.717, 1.165) is 17.3 Å². The zero-order chi connectivity index (χ0) is 18.2. The van der Waals surface area contributed by atoms with Crippen LogP contribution in [0, 0.1) is 13.8 Å². The first-order valence-corrected chi connectivity index (χ1v) is 7.91. The van der Waals surface area contributed by atoms with Gasteiger partial charge in [-0.1, -0.05) is 40.5 Å². The lowest BCUT2D eigenvalue weighted by Gasteiger charge is -2.06. The van der Waals surface area contributed by atoms with Crippen molar-refractivity contribution in [2.75, 3.05) is 17.2 Å². The number of hydrogen-bond donors (Lipinski definition) is 2. The highest BCUT2D eigenvalue weighted by Crippen LogP contribution is 2.16. The SMILES string of the molecule is Cc1ccc(NC(=O)/C=N\OCC(=O)Nc2cccc(Cl)c2)c(C)c1. The van der Waals surface area contributed by atoms with Gasteiger partial charge >= 0.3 is 0 Å². The molecule has 0 saturated heterocycles. The van der Waals surface area contributed by atoms with Crippen LogP contribution in [-0.2, 0) is 14.4 Å². The molecule has 2 N–H and O–H groups in total. The lowest BCUT2D eigenvalue weighted by atomic mass is 10.1. The van der Waals surface area contributed by atoms with Gasteiger partial charge in [-0.15, -0.1) is 0 Å². The molecule has 0 bridgehead atoms. The molecule has 0 unspecified atom stereocenters. The van der Waals surface area contributed by atoms with Gasteiger partial charge in [0, 0.05) is 16.4 Å². The molecule has 0 atom stereocenters. The highest BCUT2D eigenvalue weighted by atomic mass is 35.5. The van der Waals surface area contributed by atoms with Crippen molar-refractivity contribution in [3.63, 3.8) is 0 Å². The Morgan fingerprint density at radius 1 is 1.16 bits per heavy atom. The van der Waals surface area contributed by atoms with Crippen LogP contribution >= 0.6 is 11.6 Å². The monoisotopic (exact) mass is 359 g/mol. The number of aryl methyl sites for hydroxylation is 2. The maximum absolute atomic E-state index is 11.8. The average molecular weight is 360 g/mol. The molecule has 0 heterocycles. The van der Waals surface area contributed by atoms with E-state index in [-0.39, 0.29) is 6.61 Å². The molecule has 0 saturated carbocycles. The molecule has 0 aliphatic heterocycles. The zero-order valence-corrected chi connectivity index (χ0v) is 14.6. The van der Waals surface area contributed by atoms with Crippen LogP contribution in [0.2, 0.25) is 5.02 Å². The third-order valence-corrected chi connectivity index (χ3v) is 3.42. The first kappa shape index (κ1) is 18.5. The quantitative estimate of drug-likeness (QED) is 0.611. The second-order valence-electron chi connectivity index (χ2n) is 5.37. The Labute approximate surface area is 150 Å². The molecule has 0 fully saturated rings. The Morgan fingerprint density at radius 2 is 1.96 bits per heavy atom. The molecule has 2 aromatic rings. The van der Waals surface area contributed by atoms with E-state index >= 15 is 0 Å². The summed E-state index contributed by atoms with van der Waals surface area (Å²) in [5.41, 5.74) is 3.31. The number of benzene rings is 2. The molecule has 25 heavy (non-hydrogen) atoms. The average Bonchev–Trinajstić information content (AvgIpc) is 2.54. The highest BCUT2D eigenvalue weighted by molar-refractivity contribution is 6.31. The van der Waals surface area contributed by atoms with Crippen molar-refractivity contribution >= 4 is 41.0 Å². The number of carbonyl (C=O) groups is 2. The van der Waals surface area contributed by atoms with Crippen LogP contribution in [0.4, 0.5) is 11.4 Å². The molecule has 2 aromatic carbocycles. The number of carbonyl (C=O) groups excluding carboxylic acids is 2. The maximum atomic E-state index is 11.8. The summed E-state index contributed by atoms with van der Waals surface area (Å²) in [6.45, 7) is 3.55. The number of rotatable bonds is 6. The first-order valence-electron chi connectivity index (χ1n) is 7.53. The molecule has 0 aromatic heterocycles. The summed E-state index contributed by atoms with van der Waals surface area (Å²) in [7, 11) is 0. The van der Waals surface area contributed by atoms with Gasteiger partial charge in [0.05, 0.1) is 0 Å². The summed E-state index contributed by atoms with van der Waals surface area (Å²) in [5, 5.41) is 9.29. The summed E-state index contributed by atoms with van der Waals surface area (Å²) in [6.07, 6.45) is 0.978. The number of nitrogens with zero attached hydrogens (tertiary/aromatic N) is 1. The smallest absolute Gasteiger partial charge is 0.270 e. The van der Waals surface area contributed by atoms with E-state index in [4.69, 9.17) is 16.4 Å². The van der Waals surface area contributed by atoms with Gasteiger partial charge in [0.1, 0.15) is 6.21 Å². The van der Waals surface area contributed by atoms with Gasteiger partial charge in [-0.05, 0) is 43.7 Å². The number of hydrogen-bond acceptors (Lipinski definition) is 4. The summed E-state index contributed by atoms with van der Waals surface area (Å²) < 4.78 is 0. The number of anilines is 2. The minimum atomic E-state index is -0.442. The third kappa shape index (κ3) is 6.27. The topological polar surface area (TPSA) is 79.8 Å². The molecule has 130 valence electrons. The molecule has 0 aliphatic rings. The predicted octanol–water partition coefficient (Wildman–Crippen LogP) is 3.54. The lowest BCUT2D eigenvalue weighted by molar-refractivity contribution is -0.120. The Kier molecular flexibility index (Phi) is 6.54. The van der Waals surface area contributed by atoms with Gasteiger partial charge in [-0.25, -0.2) is 0 Å². The van der Waals surface area contributed by atoms with Crippen LogP contribution in [0.5, 0.6) is 0 Å². The Morgan fingerprint density at radius 3 is 2.68 bits per heavy atom. The minimum absolute atomic E-state index is 0.320. The highest BCUT2D eigenvalue weighted by Gasteiger charge is 2.04. The third-order valence-electron chi connectivity index (χ3n) is 3.19. The summed E-state index contributed by atoms with van der Waals surface area (Å²) in [5.74, 6) is -0.851. The Balaban J connectivity index is 1.76. The van der Waals surface area contributed by atoms with Crippen molar-refractivity contribution in [3.05, 3.63) is 58.6 Å². The van der Waals surface area contributed by atoms with Gasteiger partial charge in [0.15, 0.2) is 6.61 Å². The molecule has 0 spiro atoms. The molecule has 7 heteroatoms. The van der Waals surface area contributed by atoms with E-state index in [9.17, 15) is 9.59 Å². The Bertz CT molecular complexity index is 806. The summed E-state index contributed by atoms with van der Waals surface area (Å²) in [4.78, 5) is 28.3. The van der Waals surface area contributed by atoms with Crippen molar-refractivity contribution in [3.8, 4) is 0 Å². The first-order chi connectivity index (χ1) is 11.9. The largest absolute Gasteiger partial charge is 0.385 e. The van der Waals surface area contributed by atoms with Crippen molar-refractivity contribution < 1.29 is 14.4 Å². The van der Waals surface area contributed by atoms with Gasteiger partial charge in [-0.2, -0.15) is 0 Å². The molecular weight excluding hydrogens is 342 g/mol. The fourth-order valence-electron chi connectivity index (χ4n) is 2.06. The molecule has 0 aliphatic carbocycles. The fraction of sp³-hybridized carbons (Fsp3) is 0.167. The number of oxime groups is 1. The maximum Gasteiger partial charge on any atom is 0.270 e. The standard InChI is InChI=1S/C18H18ClN3O3/c1-12-6-7-16(13(2)8-12)22-17(23)10-20-25-11-18(24)21-15-5-3-4-14(19)9-15/h3-10H,11H2,1-2H3,(H,21,24)(H,22,23)/b20-10-. The molecule has 6 nitrogen and oxygen atoms in total. The molecule has 0 radical (unpaired) electrons. The predicted molar refractivity (Wildman–Crippen MR) is 99.1 cm³/mol. The lowest BCUT2D eigenvalue weighted by Crippen LogP contribution is -2.18. The van der Waals surface area contributed by atoms with E-state index < -0.39 is 11.8 Å². The number of nitrogens with one attached hydrogen (secondary N) is 2. The van der Waals surface area contributed by atoms with Crippen LogP contribution in [0.1, 0.15) is 11.1 Å². The zero-order valence-electron chi connectivity index (χ0n) is 13.9. The summed E-state index contributed by atoms with van der Waals surface area (Å²) >= 11 is 5.83. The van der Waals surface area contributed by atoms with E-state index in [0.29, 0.717) is 16.4 Å².